The molecule has 0 saturated carbocycles. The first-order chi connectivity index (χ1) is 7.27. The summed E-state index contributed by atoms with van der Waals surface area (Å²) in [5.74, 6) is -0.324. The van der Waals surface area contributed by atoms with E-state index in [-0.39, 0.29) is 5.97 Å². The Labute approximate surface area is 90.0 Å². The summed E-state index contributed by atoms with van der Waals surface area (Å²) in [6.07, 6.45) is 4.19. The van der Waals surface area contributed by atoms with E-state index in [1.807, 2.05) is 12.3 Å². The van der Waals surface area contributed by atoms with E-state index >= 15 is 0 Å². The molecule has 0 saturated heterocycles. The maximum absolute atomic E-state index is 11.1. The van der Waals surface area contributed by atoms with Crippen LogP contribution >= 0.6 is 0 Å². The molecule has 1 rings (SSSR count). The van der Waals surface area contributed by atoms with Gasteiger partial charge in [-0.25, -0.2) is 4.79 Å². The van der Waals surface area contributed by atoms with Crippen molar-refractivity contribution in [3.8, 4) is 0 Å². The lowest BCUT2D eigenvalue weighted by Gasteiger charge is -2.00. The largest absolute Gasteiger partial charge is 0.464 e. The van der Waals surface area contributed by atoms with Gasteiger partial charge >= 0.3 is 5.97 Å². The smallest absolute Gasteiger partial charge is 0.354 e. The minimum Gasteiger partial charge on any atom is -0.464 e. The van der Waals surface area contributed by atoms with Gasteiger partial charge in [0.1, 0.15) is 5.69 Å². The van der Waals surface area contributed by atoms with Crippen molar-refractivity contribution in [1.82, 2.24) is 10.3 Å². The van der Waals surface area contributed by atoms with Crippen molar-refractivity contribution in [2.75, 3.05) is 13.7 Å². The SMILES string of the molecule is CCCCNCc1c[nH]c(C(=O)OC)c1. The first-order valence-electron chi connectivity index (χ1n) is 5.24. The fourth-order valence-corrected chi connectivity index (χ4v) is 1.30. The van der Waals surface area contributed by atoms with Crippen LogP contribution in [0.1, 0.15) is 35.8 Å². The quantitative estimate of drug-likeness (QED) is 0.555. The van der Waals surface area contributed by atoms with Gasteiger partial charge in [-0.2, -0.15) is 0 Å². The van der Waals surface area contributed by atoms with Gasteiger partial charge in [0.25, 0.3) is 0 Å². The van der Waals surface area contributed by atoms with Crippen molar-refractivity contribution in [1.29, 1.82) is 0 Å². The van der Waals surface area contributed by atoms with E-state index in [0.717, 1.165) is 18.7 Å². The van der Waals surface area contributed by atoms with Gasteiger partial charge in [0.05, 0.1) is 7.11 Å². The molecule has 4 nitrogen and oxygen atoms in total. The molecule has 0 fully saturated rings. The Morgan fingerprint density at radius 3 is 3.07 bits per heavy atom. The average Bonchev–Trinajstić information content (AvgIpc) is 2.72. The minimum atomic E-state index is -0.324. The van der Waals surface area contributed by atoms with Crippen LogP contribution in [-0.4, -0.2) is 24.6 Å². The molecule has 0 aliphatic rings. The molecular formula is C11H18N2O2. The number of hydrogen-bond donors (Lipinski definition) is 2. The third kappa shape index (κ3) is 3.75. The summed E-state index contributed by atoms with van der Waals surface area (Å²) >= 11 is 0. The van der Waals surface area contributed by atoms with Crippen LogP contribution in [0, 0.1) is 0 Å². The van der Waals surface area contributed by atoms with Crippen molar-refractivity contribution >= 4 is 5.97 Å². The lowest BCUT2D eigenvalue weighted by Crippen LogP contribution is -2.13. The second kappa shape index (κ2) is 6.24. The second-order valence-corrected chi connectivity index (χ2v) is 3.44. The second-order valence-electron chi connectivity index (χ2n) is 3.44. The summed E-state index contributed by atoms with van der Waals surface area (Å²) in [7, 11) is 1.38. The molecule has 0 aliphatic carbocycles. The van der Waals surface area contributed by atoms with E-state index in [0.29, 0.717) is 5.69 Å². The molecule has 0 radical (unpaired) electrons. The van der Waals surface area contributed by atoms with Crippen molar-refractivity contribution in [3.63, 3.8) is 0 Å². The van der Waals surface area contributed by atoms with Crippen molar-refractivity contribution in [2.45, 2.75) is 26.3 Å². The summed E-state index contributed by atoms with van der Waals surface area (Å²) in [4.78, 5) is 14.0. The highest BCUT2D eigenvalue weighted by Crippen LogP contribution is 2.04. The summed E-state index contributed by atoms with van der Waals surface area (Å²) in [5, 5.41) is 3.30. The van der Waals surface area contributed by atoms with E-state index in [4.69, 9.17) is 0 Å². The topological polar surface area (TPSA) is 54.1 Å². The van der Waals surface area contributed by atoms with Crippen LogP contribution in [0.4, 0.5) is 0 Å². The normalized spacial score (nSPS) is 10.3. The van der Waals surface area contributed by atoms with Gasteiger partial charge in [-0.3, -0.25) is 0 Å². The maximum Gasteiger partial charge on any atom is 0.354 e. The zero-order chi connectivity index (χ0) is 11.1. The van der Waals surface area contributed by atoms with E-state index in [1.54, 1.807) is 0 Å². The predicted molar refractivity (Wildman–Crippen MR) is 58.7 cm³/mol. The van der Waals surface area contributed by atoms with Crippen LogP contribution in [0.3, 0.4) is 0 Å². The Bertz CT molecular complexity index is 307. The van der Waals surface area contributed by atoms with Crippen LogP contribution in [0.25, 0.3) is 0 Å². The van der Waals surface area contributed by atoms with Gasteiger partial charge < -0.3 is 15.0 Å². The Balaban J connectivity index is 2.36. The monoisotopic (exact) mass is 210 g/mol. The van der Waals surface area contributed by atoms with Crippen molar-refractivity contribution < 1.29 is 9.53 Å². The third-order valence-corrected chi connectivity index (χ3v) is 2.18. The van der Waals surface area contributed by atoms with Crippen LogP contribution in [0.5, 0.6) is 0 Å². The van der Waals surface area contributed by atoms with Crippen LogP contribution < -0.4 is 5.32 Å². The number of aromatic amines is 1. The number of carbonyl (C=O) groups excluding carboxylic acids is 1. The predicted octanol–water partition coefficient (Wildman–Crippen LogP) is 1.69. The van der Waals surface area contributed by atoms with Crippen LogP contribution in [0.15, 0.2) is 12.3 Å². The zero-order valence-electron chi connectivity index (χ0n) is 9.30. The maximum atomic E-state index is 11.1. The van der Waals surface area contributed by atoms with Gasteiger partial charge in [0.2, 0.25) is 0 Å². The Hall–Kier alpha value is -1.29. The lowest BCUT2D eigenvalue weighted by atomic mass is 10.3. The molecule has 0 unspecified atom stereocenters. The number of H-pyrrole nitrogens is 1. The van der Waals surface area contributed by atoms with Crippen LogP contribution in [0.2, 0.25) is 0 Å². The summed E-state index contributed by atoms with van der Waals surface area (Å²) in [6, 6.07) is 1.81. The average molecular weight is 210 g/mol. The fourth-order valence-electron chi connectivity index (χ4n) is 1.30. The number of methoxy groups -OCH3 is 1. The molecule has 0 amide bonds. The molecule has 0 spiro atoms. The molecule has 0 bridgehead atoms. The molecule has 2 N–H and O–H groups in total. The molecule has 15 heavy (non-hydrogen) atoms. The highest BCUT2D eigenvalue weighted by atomic mass is 16.5. The number of hydrogen-bond acceptors (Lipinski definition) is 3. The third-order valence-electron chi connectivity index (χ3n) is 2.18. The molecule has 0 aliphatic heterocycles. The molecule has 84 valence electrons. The highest BCUT2D eigenvalue weighted by molar-refractivity contribution is 5.87. The van der Waals surface area contributed by atoms with Crippen molar-refractivity contribution in [3.05, 3.63) is 23.5 Å². The number of carbonyl (C=O) groups is 1. The molecular weight excluding hydrogens is 192 g/mol. The first-order valence-corrected chi connectivity index (χ1v) is 5.24. The molecule has 0 atom stereocenters. The van der Waals surface area contributed by atoms with Crippen molar-refractivity contribution in [2.24, 2.45) is 0 Å². The number of aromatic nitrogens is 1. The number of ether oxygens (including phenoxy) is 1. The van der Waals surface area contributed by atoms with Gasteiger partial charge in [0, 0.05) is 12.7 Å². The number of nitrogens with one attached hydrogen (secondary N) is 2. The van der Waals surface area contributed by atoms with E-state index < -0.39 is 0 Å². The van der Waals surface area contributed by atoms with Gasteiger partial charge in [-0.05, 0) is 24.6 Å². The highest BCUT2D eigenvalue weighted by Gasteiger charge is 2.07. The van der Waals surface area contributed by atoms with Gasteiger partial charge in [-0.15, -0.1) is 0 Å². The molecule has 4 heteroatoms. The molecule has 1 aromatic rings. The molecule has 1 heterocycles. The summed E-state index contributed by atoms with van der Waals surface area (Å²) in [6.45, 7) is 3.95. The standard InChI is InChI=1S/C11H18N2O2/c1-3-4-5-12-7-9-6-10(13-8-9)11(14)15-2/h6,8,12-13H,3-5,7H2,1-2H3. The number of rotatable bonds is 6. The molecule has 0 aromatic carbocycles. The lowest BCUT2D eigenvalue weighted by molar-refractivity contribution is 0.0595. The number of esters is 1. The zero-order valence-corrected chi connectivity index (χ0v) is 9.30. The Morgan fingerprint density at radius 1 is 1.60 bits per heavy atom. The summed E-state index contributed by atoms with van der Waals surface area (Å²) in [5.41, 5.74) is 1.58. The van der Waals surface area contributed by atoms with Crippen LogP contribution in [-0.2, 0) is 11.3 Å². The molecule has 1 aromatic heterocycles. The first kappa shape index (κ1) is 11.8. The van der Waals surface area contributed by atoms with E-state index in [1.165, 1.54) is 20.0 Å². The fraction of sp³-hybridized carbons (Fsp3) is 0.545. The van der Waals surface area contributed by atoms with Gasteiger partial charge in [0.15, 0.2) is 0 Å². The van der Waals surface area contributed by atoms with E-state index in [9.17, 15) is 4.79 Å². The van der Waals surface area contributed by atoms with Gasteiger partial charge in [-0.1, -0.05) is 13.3 Å². The number of unbranched alkanes of at least 4 members (excludes halogenated alkanes) is 1. The Kier molecular flexibility index (Phi) is 4.90. The Morgan fingerprint density at radius 2 is 2.40 bits per heavy atom. The summed E-state index contributed by atoms with van der Waals surface area (Å²) < 4.78 is 4.60. The minimum absolute atomic E-state index is 0.324. The van der Waals surface area contributed by atoms with E-state index in [2.05, 4.69) is 22.0 Å².